The molecule has 1 N–H and O–H groups in total. The van der Waals surface area contributed by atoms with Gasteiger partial charge in [-0.3, -0.25) is 4.79 Å². The Labute approximate surface area is 80.6 Å². The maximum atomic E-state index is 12.5. The highest BCUT2D eigenvalue weighted by Gasteiger charge is 2.48. The quantitative estimate of drug-likeness (QED) is 0.704. The van der Waals surface area contributed by atoms with Gasteiger partial charge in [0.25, 0.3) is 6.43 Å². The van der Waals surface area contributed by atoms with Gasteiger partial charge in [0.15, 0.2) is 5.78 Å². The molecule has 0 bridgehead atoms. The van der Waals surface area contributed by atoms with Crippen LogP contribution in [0.5, 0.6) is 0 Å². The Kier molecular flexibility index (Phi) is 2.18. The molecule has 2 saturated carbocycles. The predicted molar refractivity (Wildman–Crippen MR) is 46.0 cm³/mol. The van der Waals surface area contributed by atoms with Gasteiger partial charge in [0.2, 0.25) is 0 Å². The van der Waals surface area contributed by atoms with Crippen molar-refractivity contribution in [1.82, 2.24) is 0 Å². The first-order valence-corrected chi connectivity index (χ1v) is 4.79. The summed E-state index contributed by atoms with van der Waals surface area (Å²) >= 11 is 0. The lowest BCUT2D eigenvalue weighted by molar-refractivity contribution is -0.115. The zero-order chi connectivity index (χ0) is 10.3. The molecular formula is C10H12F2O2. The SMILES string of the molecule is O=C(/C=C(\C(F)F)C1(O)CC1)C1CC1. The molecule has 0 unspecified atom stereocenters. The van der Waals surface area contributed by atoms with Crippen LogP contribution in [0.3, 0.4) is 0 Å². The lowest BCUT2D eigenvalue weighted by Crippen LogP contribution is -2.19. The van der Waals surface area contributed by atoms with Crippen LogP contribution in [-0.4, -0.2) is 22.9 Å². The van der Waals surface area contributed by atoms with Gasteiger partial charge in [-0.1, -0.05) is 0 Å². The van der Waals surface area contributed by atoms with E-state index in [2.05, 4.69) is 0 Å². The van der Waals surface area contributed by atoms with E-state index in [0.717, 1.165) is 18.9 Å². The Morgan fingerprint density at radius 1 is 1.43 bits per heavy atom. The van der Waals surface area contributed by atoms with E-state index in [1.807, 2.05) is 0 Å². The fraction of sp³-hybridized carbons (Fsp3) is 0.700. The number of alkyl halides is 2. The second-order valence-corrected chi connectivity index (χ2v) is 4.11. The van der Waals surface area contributed by atoms with Crippen molar-refractivity contribution in [3.8, 4) is 0 Å². The molecule has 0 aliphatic heterocycles. The highest BCUT2D eigenvalue weighted by atomic mass is 19.3. The zero-order valence-electron chi connectivity index (χ0n) is 7.67. The Bertz CT molecular complexity index is 288. The second-order valence-electron chi connectivity index (χ2n) is 4.11. The van der Waals surface area contributed by atoms with E-state index in [1.165, 1.54) is 0 Å². The molecule has 0 atom stereocenters. The third-order valence-corrected chi connectivity index (χ3v) is 2.77. The fourth-order valence-corrected chi connectivity index (χ4v) is 1.45. The summed E-state index contributed by atoms with van der Waals surface area (Å²) in [7, 11) is 0. The molecule has 2 aliphatic carbocycles. The molecule has 4 heteroatoms. The first kappa shape index (κ1) is 9.77. The van der Waals surface area contributed by atoms with Crippen molar-refractivity contribution < 1.29 is 18.7 Å². The number of aliphatic hydroxyl groups is 1. The van der Waals surface area contributed by atoms with Crippen molar-refractivity contribution >= 4 is 5.78 Å². The lowest BCUT2D eigenvalue weighted by Gasteiger charge is -2.11. The third-order valence-electron chi connectivity index (χ3n) is 2.77. The number of allylic oxidation sites excluding steroid dienone is 1. The van der Waals surface area contributed by atoms with Gasteiger partial charge in [0.1, 0.15) is 0 Å². The van der Waals surface area contributed by atoms with Gasteiger partial charge < -0.3 is 5.11 Å². The van der Waals surface area contributed by atoms with Crippen LogP contribution in [0, 0.1) is 5.92 Å². The van der Waals surface area contributed by atoms with Crippen molar-refractivity contribution in [1.29, 1.82) is 0 Å². The molecule has 0 saturated heterocycles. The van der Waals surface area contributed by atoms with Gasteiger partial charge in [-0.25, -0.2) is 8.78 Å². The molecule has 2 aliphatic rings. The van der Waals surface area contributed by atoms with Crippen LogP contribution in [-0.2, 0) is 4.79 Å². The standard InChI is InChI=1S/C10H12F2O2/c11-9(12)7(10(14)3-4-10)5-8(13)6-1-2-6/h5-6,9,14H,1-4H2/b7-5+. The third kappa shape index (κ3) is 1.85. The highest BCUT2D eigenvalue weighted by molar-refractivity contribution is 5.94. The number of hydrogen-bond acceptors (Lipinski definition) is 2. The first-order chi connectivity index (χ1) is 6.53. The van der Waals surface area contributed by atoms with Crippen molar-refractivity contribution in [2.75, 3.05) is 0 Å². The van der Waals surface area contributed by atoms with Gasteiger partial charge in [0.05, 0.1) is 5.60 Å². The summed E-state index contributed by atoms with van der Waals surface area (Å²) in [6, 6.07) is 0. The van der Waals surface area contributed by atoms with Crippen LogP contribution in [0.15, 0.2) is 11.6 Å². The molecule has 78 valence electrons. The molecule has 0 heterocycles. The number of carbonyl (C=O) groups is 1. The van der Waals surface area contributed by atoms with Crippen LogP contribution in [0.2, 0.25) is 0 Å². The molecule has 2 rings (SSSR count). The van der Waals surface area contributed by atoms with Gasteiger partial charge in [-0.2, -0.15) is 0 Å². The van der Waals surface area contributed by atoms with Crippen molar-refractivity contribution in [3.63, 3.8) is 0 Å². The summed E-state index contributed by atoms with van der Waals surface area (Å²) in [5.41, 5.74) is -1.76. The molecule has 0 aromatic rings. The minimum atomic E-state index is -2.72. The summed E-state index contributed by atoms with van der Waals surface area (Å²) in [5.74, 6) is -0.313. The number of ketones is 1. The van der Waals surface area contributed by atoms with E-state index < -0.39 is 12.0 Å². The van der Waals surface area contributed by atoms with Crippen LogP contribution in [0.1, 0.15) is 25.7 Å². The van der Waals surface area contributed by atoms with Crippen molar-refractivity contribution in [2.45, 2.75) is 37.7 Å². The smallest absolute Gasteiger partial charge is 0.263 e. The van der Waals surface area contributed by atoms with E-state index in [-0.39, 0.29) is 17.3 Å². The Balaban J connectivity index is 2.12. The summed E-state index contributed by atoms with van der Waals surface area (Å²) < 4.78 is 25.0. The molecule has 0 amide bonds. The van der Waals surface area contributed by atoms with E-state index in [0.29, 0.717) is 12.8 Å². The lowest BCUT2D eigenvalue weighted by atomic mass is 10.1. The summed E-state index contributed by atoms with van der Waals surface area (Å²) in [4.78, 5) is 11.3. The maximum Gasteiger partial charge on any atom is 0.263 e. The van der Waals surface area contributed by atoms with E-state index in [9.17, 15) is 18.7 Å². The number of halogens is 2. The summed E-state index contributed by atoms with van der Waals surface area (Å²) in [6.45, 7) is 0. The molecule has 0 aromatic heterocycles. The van der Waals surface area contributed by atoms with E-state index in [4.69, 9.17) is 0 Å². The largest absolute Gasteiger partial charge is 0.385 e. The van der Waals surface area contributed by atoms with Crippen molar-refractivity contribution in [2.24, 2.45) is 5.92 Å². The molecule has 2 nitrogen and oxygen atoms in total. The molecule has 0 radical (unpaired) electrons. The Morgan fingerprint density at radius 2 is 2.00 bits per heavy atom. The molecule has 0 spiro atoms. The number of hydrogen-bond donors (Lipinski definition) is 1. The van der Waals surface area contributed by atoms with Crippen LogP contribution >= 0.6 is 0 Å². The van der Waals surface area contributed by atoms with Crippen molar-refractivity contribution in [3.05, 3.63) is 11.6 Å². The van der Waals surface area contributed by atoms with Gasteiger partial charge in [-0.15, -0.1) is 0 Å². The zero-order valence-corrected chi connectivity index (χ0v) is 7.67. The topological polar surface area (TPSA) is 37.3 Å². The first-order valence-electron chi connectivity index (χ1n) is 4.79. The fourth-order valence-electron chi connectivity index (χ4n) is 1.45. The normalized spacial score (nSPS) is 25.3. The molecule has 0 aromatic carbocycles. The molecular weight excluding hydrogens is 190 g/mol. The van der Waals surface area contributed by atoms with Crippen LogP contribution < -0.4 is 0 Å². The average molecular weight is 202 g/mol. The van der Waals surface area contributed by atoms with Crippen LogP contribution in [0.4, 0.5) is 8.78 Å². The molecule has 2 fully saturated rings. The van der Waals surface area contributed by atoms with E-state index in [1.54, 1.807) is 0 Å². The summed E-state index contributed by atoms with van der Waals surface area (Å²) in [5, 5.41) is 9.51. The van der Waals surface area contributed by atoms with Gasteiger partial charge >= 0.3 is 0 Å². The second kappa shape index (κ2) is 3.12. The van der Waals surface area contributed by atoms with E-state index >= 15 is 0 Å². The predicted octanol–water partition coefficient (Wildman–Crippen LogP) is 1.68. The number of rotatable bonds is 4. The Hall–Kier alpha value is -0.770. The number of carbonyl (C=O) groups excluding carboxylic acids is 1. The Morgan fingerprint density at radius 3 is 2.36 bits per heavy atom. The van der Waals surface area contributed by atoms with Crippen LogP contribution in [0.25, 0.3) is 0 Å². The monoisotopic (exact) mass is 202 g/mol. The average Bonchev–Trinajstić information content (AvgIpc) is 2.92. The van der Waals surface area contributed by atoms with Gasteiger partial charge in [0, 0.05) is 11.5 Å². The highest BCUT2D eigenvalue weighted by Crippen LogP contribution is 2.45. The van der Waals surface area contributed by atoms with Gasteiger partial charge in [-0.05, 0) is 31.8 Å². The summed E-state index contributed by atoms with van der Waals surface area (Å²) in [6.07, 6.45) is 0.539. The minimum absolute atomic E-state index is 0.0638. The maximum absolute atomic E-state index is 12.5. The molecule has 14 heavy (non-hydrogen) atoms. The minimum Gasteiger partial charge on any atom is -0.385 e.